The first-order valence-electron chi connectivity index (χ1n) is 11.2. The van der Waals surface area contributed by atoms with Crippen molar-refractivity contribution in [2.45, 2.75) is 26.4 Å². The summed E-state index contributed by atoms with van der Waals surface area (Å²) >= 11 is 6.11. The molecule has 0 fully saturated rings. The highest BCUT2D eigenvalue weighted by Gasteiger charge is 2.28. The number of imidazole rings is 1. The van der Waals surface area contributed by atoms with Gasteiger partial charge in [0.1, 0.15) is 0 Å². The van der Waals surface area contributed by atoms with Crippen molar-refractivity contribution in [1.29, 1.82) is 0 Å². The first kappa shape index (κ1) is 21.5. The van der Waals surface area contributed by atoms with Crippen LogP contribution < -0.4 is 16.1 Å². The van der Waals surface area contributed by atoms with E-state index in [9.17, 15) is 9.59 Å². The Bertz CT molecular complexity index is 1440. The Kier molecular flexibility index (Phi) is 5.58. The van der Waals surface area contributed by atoms with Crippen LogP contribution >= 0.6 is 11.6 Å². The molecule has 0 bridgehead atoms. The molecule has 0 saturated carbocycles. The summed E-state index contributed by atoms with van der Waals surface area (Å²) in [6.07, 6.45) is 0.884. The summed E-state index contributed by atoms with van der Waals surface area (Å²) < 4.78 is 4.74. The molecule has 2 aromatic heterocycles. The predicted molar refractivity (Wildman–Crippen MR) is 131 cm³/mol. The molecule has 7 nitrogen and oxygen atoms in total. The molecule has 8 heteroatoms. The van der Waals surface area contributed by atoms with Gasteiger partial charge < -0.3 is 9.47 Å². The summed E-state index contributed by atoms with van der Waals surface area (Å²) in [5.41, 5.74) is 2.27. The molecule has 5 rings (SSSR count). The van der Waals surface area contributed by atoms with Gasteiger partial charge in [0.15, 0.2) is 11.2 Å². The highest BCUT2D eigenvalue weighted by atomic mass is 35.5. The summed E-state index contributed by atoms with van der Waals surface area (Å²) in [6, 6.07) is 17.6. The standard InChI is InChI=1S/C25H26ClN5O2/c1-17-14-29(12-11-18-7-4-3-5-8-18)24-27-22-21(30(24)15-17)23(32)31(25(33)28(22)2)16-19-9-6-10-20(26)13-19/h3-10,13,17H,11-12,14-16H2,1-2H3/t17-/m0/s1. The maximum Gasteiger partial charge on any atom is 0.332 e. The van der Waals surface area contributed by atoms with Crippen molar-refractivity contribution >= 4 is 28.7 Å². The summed E-state index contributed by atoms with van der Waals surface area (Å²) in [4.78, 5) is 33.7. The van der Waals surface area contributed by atoms with E-state index in [-0.39, 0.29) is 17.8 Å². The zero-order valence-corrected chi connectivity index (χ0v) is 19.5. The summed E-state index contributed by atoms with van der Waals surface area (Å²) in [7, 11) is 1.68. The number of nitrogens with zero attached hydrogens (tertiary/aromatic N) is 5. The fourth-order valence-electron chi connectivity index (χ4n) is 4.66. The second kappa shape index (κ2) is 8.56. The molecule has 1 aliphatic rings. The summed E-state index contributed by atoms with van der Waals surface area (Å²) in [5, 5.41) is 0.572. The number of benzene rings is 2. The number of halogens is 1. The second-order valence-electron chi connectivity index (χ2n) is 8.84. The molecule has 0 unspecified atom stereocenters. The zero-order valence-electron chi connectivity index (χ0n) is 18.7. The van der Waals surface area contributed by atoms with Crippen molar-refractivity contribution < 1.29 is 0 Å². The third kappa shape index (κ3) is 3.97. The van der Waals surface area contributed by atoms with Crippen LogP contribution in [0.15, 0.2) is 64.2 Å². The third-order valence-corrected chi connectivity index (χ3v) is 6.50. The molecule has 0 saturated heterocycles. The van der Waals surface area contributed by atoms with E-state index in [4.69, 9.17) is 16.6 Å². The van der Waals surface area contributed by atoms with Gasteiger partial charge in [0.2, 0.25) is 5.95 Å². The van der Waals surface area contributed by atoms with Crippen LogP contribution in [-0.4, -0.2) is 31.8 Å². The zero-order chi connectivity index (χ0) is 23.1. The van der Waals surface area contributed by atoms with Crippen molar-refractivity contribution in [3.63, 3.8) is 0 Å². The number of anilines is 1. The maximum atomic E-state index is 13.6. The van der Waals surface area contributed by atoms with Gasteiger partial charge in [0.25, 0.3) is 5.56 Å². The molecular weight excluding hydrogens is 438 g/mol. The molecule has 0 N–H and O–H groups in total. The van der Waals surface area contributed by atoms with Gasteiger partial charge in [-0.25, -0.2) is 4.79 Å². The van der Waals surface area contributed by atoms with Crippen molar-refractivity contribution in [1.82, 2.24) is 18.7 Å². The van der Waals surface area contributed by atoms with Gasteiger partial charge in [-0.2, -0.15) is 4.98 Å². The van der Waals surface area contributed by atoms with Crippen molar-refractivity contribution in [3.05, 3.63) is 91.6 Å². The Morgan fingerprint density at radius 2 is 1.79 bits per heavy atom. The summed E-state index contributed by atoms with van der Waals surface area (Å²) in [6.45, 7) is 4.69. The minimum atomic E-state index is -0.383. The van der Waals surface area contributed by atoms with Crippen LogP contribution in [0.1, 0.15) is 18.1 Å². The van der Waals surface area contributed by atoms with Gasteiger partial charge in [-0.05, 0) is 35.6 Å². The van der Waals surface area contributed by atoms with E-state index in [1.54, 1.807) is 19.2 Å². The van der Waals surface area contributed by atoms with Gasteiger partial charge in [0, 0.05) is 31.7 Å². The highest BCUT2D eigenvalue weighted by molar-refractivity contribution is 6.30. The number of hydrogen-bond donors (Lipinski definition) is 0. The predicted octanol–water partition coefficient (Wildman–Crippen LogP) is 3.30. The van der Waals surface area contributed by atoms with E-state index >= 15 is 0 Å². The lowest BCUT2D eigenvalue weighted by molar-refractivity contribution is 0.437. The van der Waals surface area contributed by atoms with Crippen molar-refractivity contribution in [2.24, 2.45) is 13.0 Å². The number of aryl methyl sites for hydroxylation is 1. The van der Waals surface area contributed by atoms with E-state index in [0.717, 1.165) is 31.0 Å². The SMILES string of the molecule is C[C@H]1CN(CCc2ccccc2)c2nc3c(c(=O)n(Cc4cccc(Cl)c4)c(=O)n3C)n2C1. The average Bonchev–Trinajstić information content (AvgIpc) is 3.19. The molecule has 33 heavy (non-hydrogen) atoms. The Labute approximate surface area is 196 Å². The molecule has 0 aliphatic carbocycles. The van der Waals surface area contributed by atoms with Crippen LogP contribution in [0.25, 0.3) is 11.2 Å². The van der Waals surface area contributed by atoms with Crippen molar-refractivity contribution in [2.75, 3.05) is 18.0 Å². The Balaban J connectivity index is 1.59. The molecule has 0 spiro atoms. The van der Waals surface area contributed by atoms with Crippen LogP contribution in [-0.2, 0) is 26.6 Å². The molecule has 2 aromatic carbocycles. The largest absolute Gasteiger partial charge is 0.342 e. The van der Waals surface area contributed by atoms with Crippen LogP contribution in [0.4, 0.5) is 5.95 Å². The minimum absolute atomic E-state index is 0.162. The smallest absolute Gasteiger partial charge is 0.332 e. The molecule has 0 amide bonds. The van der Waals surface area contributed by atoms with Gasteiger partial charge in [-0.15, -0.1) is 0 Å². The fraction of sp³-hybridized carbons (Fsp3) is 0.320. The van der Waals surface area contributed by atoms with Crippen LogP contribution in [0.3, 0.4) is 0 Å². The lowest BCUT2D eigenvalue weighted by Gasteiger charge is -2.33. The van der Waals surface area contributed by atoms with E-state index in [0.29, 0.717) is 28.6 Å². The normalized spacial score (nSPS) is 15.7. The lowest BCUT2D eigenvalue weighted by Crippen LogP contribution is -2.41. The van der Waals surface area contributed by atoms with Crippen LogP contribution in [0.5, 0.6) is 0 Å². The third-order valence-electron chi connectivity index (χ3n) is 6.26. The van der Waals surface area contributed by atoms with E-state index in [2.05, 4.69) is 24.0 Å². The van der Waals surface area contributed by atoms with Gasteiger partial charge in [0.05, 0.1) is 6.54 Å². The van der Waals surface area contributed by atoms with Gasteiger partial charge in [-0.1, -0.05) is 61.0 Å². The first-order valence-corrected chi connectivity index (χ1v) is 11.5. The number of rotatable bonds is 5. The number of fused-ring (bicyclic) bond motifs is 3. The molecule has 4 aromatic rings. The topological polar surface area (TPSA) is 65.1 Å². The Morgan fingerprint density at radius 3 is 2.55 bits per heavy atom. The highest BCUT2D eigenvalue weighted by Crippen LogP contribution is 2.27. The van der Waals surface area contributed by atoms with Crippen LogP contribution in [0, 0.1) is 5.92 Å². The maximum absolute atomic E-state index is 13.6. The van der Waals surface area contributed by atoms with Crippen molar-refractivity contribution in [3.8, 4) is 0 Å². The molecule has 170 valence electrons. The van der Waals surface area contributed by atoms with E-state index in [1.807, 2.05) is 34.9 Å². The number of aromatic nitrogens is 4. The average molecular weight is 464 g/mol. The minimum Gasteiger partial charge on any atom is -0.342 e. The lowest BCUT2D eigenvalue weighted by atomic mass is 10.1. The summed E-state index contributed by atoms with van der Waals surface area (Å²) in [5.74, 6) is 1.11. The molecular formula is C25H26ClN5O2. The van der Waals surface area contributed by atoms with Crippen LogP contribution in [0.2, 0.25) is 5.02 Å². The van der Waals surface area contributed by atoms with E-state index in [1.165, 1.54) is 14.7 Å². The monoisotopic (exact) mass is 463 g/mol. The Morgan fingerprint density at radius 1 is 1.03 bits per heavy atom. The molecule has 1 atom stereocenters. The molecule has 1 aliphatic heterocycles. The van der Waals surface area contributed by atoms with E-state index < -0.39 is 0 Å². The van der Waals surface area contributed by atoms with Gasteiger partial charge >= 0.3 is 5.69 Å². The Hall–Kier alpha value is -3.32. The quantitative estimate of drug-likeness (QED) is 0.455. The van der Waals surface area contributed by atoms with Gasteiger partial charge in [-0.3, -0.25) is 13.9 Å². The molecule has 3 heterocycles. The second-order valence-corrected chi connectivity index (χ2v) is 9.28. The first-order chi connectivity index (χ1) is 15.9. The fourth-order valence-corrected chi connectivity index (χ4v) is 4.87. The number of hydrogen-bond acceptors (Lipinski definition) is 4. The molecule has 0 radical (unpaired) electrons.